The summed E-state index contributed by atoms with van der Waals surface area (Å²) in [6.07, 6.45) is 2.20. The van der Waals surface area contributed by atoms with Crippen molar-refractivity contribution in [3.8, 4) is 11.5 Å². The first kappa shape index (κ1) is 14.7. The zero-order chi connectivity index (χ0) is 14.5. The number of hydrogen-bond donors (Lipinski definition) is 1. The number of ether oxygens (including phenoxy) is 3. The van der Waals surface area contributed by atoms with Gasteiger partial charge in [-0.3, -0.25) is 10.1 Å². The Morgan fingerprint density at radius 3 is 2.70 bits per heavy atom. The van der Waals surface area contributed by atoms with Crippen LogP contribution in [0.4, 0.5) is 0 Å². The van der Waals surface area contributed by atoms with Gasteiger partial charge in [-0.1, -0.05) is 6.07 Å². The molecule has 5 heteroatoms. The van der Waals surface area contributed by atoms with E-state index in [4.69, 9.17) is 14.2 Å². The molecule has 0 saturated heterocycles. The van der Waals surface area contributed by atoms with Crippen molar-refractivity contribution in [2.24, 2.45) is 0 Å². The molecule has 1 fully saturated rings. The van der Waals surface area contributed by atoms with Crippen LogP contribution >= 0.6 is 0 Å². The molecule has 2 rings (SSSR count). The lowest BCUT2D eigenvalue weighted by Gasteiger charge is -2.18. The standard InChI is InChI=1S/C15H21NO4/c1-10-4-7-13(14(8-10)18-2)20-9-12(15(17)19-3)16-11-5-6-11/h4,7-8,11-12,16H,5-6,9H2,1-3H3. The molecule has 0 bridgehead atoms. The van der Waals surface area contributed by atoms with E-state index in [1.165, 1.54) is 7.11 Å². The van der Waals surface area contributed by atoms with Crippen LogP contribution in [0.1, 0.15) is 18.4 Å². The summed E-state index contributed by atoms with van der Waals surface area (Å²) in [5.74, 6) is 0.993. The summed E-state index contributed by atoms with van der Waals surface area (Å²) >= 11 is 0. The van der Waals surface area contributed by atoms with Crippen LogP contribution in [-0.4, -0.2) is 38.9 Å². The maximum Gasteiger partial charge on any atom is 0.326 e. The lowest BCUT2D eigenvalue weighted by Crippen LogP contribution is -2.43. The first-order valence-corrected chi connectivity index (χ1v) is 6.75. The average molecular weight is 279 g/mol. The topological polar surface area (TPSA) is 56.8 Å². The molecule has 1 saturated carbocycles. The second kappa shape index (κ2) is 6.61. The molecule has 1 aromatic rings. The maximum atomic E-state index is 11.7. The highest BCUT2D eigenvalue weighted by molar-refractivity contribution is 5.76. The van der Waals surface area contributed by atoms with Gasteiger partial charge in [-0.15, -0.1) is 0 Å². The van der Waals surface area contributed by atoms with E-state index in [9.17, 15) is 4.79 Å². The lowest BCUT2D eigenvalue weighted by atomic mass is 10.2. The molecule has 0 radical (unpaired) electrons. The fraction of sp³-hybridized carbons (Fsp3) is 0.533. The number of methoxy groups -OCH3 is 2. The van der Waals surface area contributed by atoms with Gasteiger partial charge in [0.25, 0.3) is 0 Å². The van der Waals surface area contributed by atoms with Gasteiger partial charge in [-0.25, -0.2) is 0 Å². The second-order valence-electron chi connectivity index (χ2n) is 4.98. The quantitative estimate of drug-likeness (QED) is 0.770. The van der Waals surface area contributed by atoms with Gasteiger partial charge in [0, 0.05) is 6.04 Å². The van der Waals surface area contributed by atoms with Crippen LogP contribution in [0.5, 0.6) is 11.5 Å². The molecule has 0 amide bonds. The molecule has 1 atom stereocenters. The van der Waals surface area contributed by atoms with Crippen LogP contribution in [0.25, 0.3) is 0 Å². The Kier molecular flexibility index (Phi) is 4.84. The molecule has 0 heterocycles. The van der Waals surface area contributed by atoms with Crippen molar-refractivity contribution >= 4 is 5.97 Å². The maximum absolute atomic E-state index is 11.7. The Labute approximate surface area is 119 Å². The van der Waals surface area contributed by atoms with Crippen LogP contribution in [0.15, 0.2) is 18.2 Å². The molecular weight excluding hydrogens is 258 g/mol. The summed E-state index contributed by atoms with van der Waals surface area (Å²) in [5, 5.41) is 3.22. The normalized spacial score (nSPS) is 15.6. The first-order valence-electron chi connectivity index (χ1n) is 6.75. The molecule has 110 valence electrons. The fourth-order valence-corrected chi connectivity index (χ4v) is 1.93. The first-order chi connectivity index (χ1) is 9.63. The van der Waals surface area contributed by atoms with Crippen LogP contribution in [0, 0.1) is 6.92 Å². The van der Waals surface area contributed by atoms with Crippen LogP contribution in [-0.2, 0) is 9.53 Å². The van der Waals surface area contributed by atoms with Gasteiger partial charge in [0.2, 0.25) is 0 Å². The van der Waals surface area contributed by atoms with Crippen LogP contribution < -0.4 is 14.8 Å². The number of carbonyl (C=O) groups is 1. The molecule has 5 nitrogen and oxygen atoms in total. The smallest absolute Gasteiger partial charge is 0.326 e. The van der Waals surface area contributed by atoms with Crippen molar-refractivity contribution in [2.45, 2.75) is 31.8 Å². The minimum Gasteiger partial charge on any atom is -0.493 e. The minimum atomic E-state index is -0.446. The molecule has 0 spiro atoms. The number of nitrogens with one attached hydrogen (secondary N) is 1. The molecule has 0 aromatic heterocycles. The van der Waals surface area contributed by atoms with Gasteiger partial charge in [-0.05, 0) is 37.5 Å². The van der Waals surface area contributed by atoms with Gasteiger partial charge in [0.1, 0.15) is 12.6 Å². The Bertz CT molecular complexity index is 471. The van der Waals surface area contributed by atoms with E-state index < -0.39 is 6.04 Å². The Morgan fingerprint density at radius 2 is 2.10 bits per heavy atom. The predicted octanol–water partition coefficient (Wildman–Crippen LogP) is 1.68. The van der Waals surface area contributed by atoms with Gasteiger partial charge in [0.05, 0.1) is 14.2 Å². The predicted molar refractivity (Wildman–Crippen MR) is 75.2 cm³/mol. The van der Waals surface area contributed by atoms with E-state index in [0.717, 1.165) is 18.4 Å². The molecule has 1 aliphatic carbocycles. The van der Waals surface area contributed by atoms with E-state index in [-0.39, 0.29) is 12.6 Å². The fourth-order valence-electron chi connectivity index (χ4n) is 1.93. The van der Waals surface area contributed by atoms with E-state index >= 15 is 0 Å². The summed E-state index contributed by atoms with van der Waals surface area (Å²) in [4.78, 5) is 11.7. The Balaban J connectivity index is 1.98. The molecular formula is C15H21NO4. The second-order valence-corrected chi connectivity index (χ2v) is 4.98. The van der Waals surface area contributed by atoms with Gasteiger partial charge in [0.15, 0.2) is 11.5 Å². The molecule has 0 aliphatic heterocycles. The number of benzene rings is 1. The van der Waals surface area contributed by atoms with Crippen LogP contribution in [0.2, 0.25) is 0 Å². The highest BCUT2D eigenvalue weighted by Crippen LogP contribution is 2.28. The molecule has 1 aromatic carbocycles. The average Bonchev–Trinajstić information content (AvgIpc) is 3.27. The van der Waals surface area contributed by atoms with Crippen LogP contribution in [0.3, 0.4) is 0 Å². The van der Waals surface area contributed by atoms with Crippen molar-refractivity contribution in [1.29, 1.82) is 0 Å². The summed E-state index contributed by atoms with van der Waals surface area (Å²) in [6.45, 7) is 2.21. The Hall–Kier alpha value is -1.75. The molecule has 1 N–H and O–H groups in total. The highest BCUT2D eigenvalue weighted by atomic mass is 16.5. The number of hydrogen-bond acceptors (Lipinski definition) is 5. The number of esters is 1. The molecule has 20 heavy (non-hydrogen) atoms. The zero-order valence-electron chi connectivity index (χ0n) is 12.1. The van der Waals surface area contributed by atoms with Crippen molar-refractivity contribution < 1.29 is 19.0 Å². The molecule has 1 unspecified atom stereocenters. The van der Waals surface area contributed by atoms with E-state index in [0.29, 0.717) is 17.5 Å². The van der Waals surface area contributed by atoms with Gasteiger partial charge in [-0.2, -0.15) is 0 Å². The van der Waals surface area contributed by atoms with Crippen molar-refractivity contribution in [3.63, 3.8) is 0 Å². The lowest BCUT2D eigenvalue weighted by molar-refractivity contribution is -0.144. The van der Waals surface area contributed by atoms with E-state index in [1.807, 2.05) is 25.1 Å². The van der Waals surface area contributed by atoms with Crippen molar-refractivity contribution in [2.75, 3.05) is 20.8 Å². The monoisotopic (exact) mass is 279 g/mol. The number of carbonyl (C=O) groups excluding carboxylic acids is 1. The third-order valence-electron chi connectivity index (χ3n) is 3.22. The minimum absolute atomic E-state index is 0.225. The van der Waals surface area contributed by atoms with E-state index in [1.54, 1.807) is 7.11 Å². The zero-order valence-corrected chi connectivity index (χ0v) is 12.1. The number of rotatable bonds is 7. The third-order valence-corrected chi connectivity index (χ3v) is 3.22. The SMILES string of the molecule is COC(=O)C(COc1ccc(C)cc1OC)NC1CC1. The van der Waals surface area contributed by atoms with Crippen molar-refractivity contribution in [3.05, 3.63) is 23.8 Å². The van der Waals surface area contributed by atoms with Crippen molar-refractivity contribution in [1.82, 2.24) is 5.32 Å². The highest BCUT2D eigenvalue weighted by Gasteiger charge is 2.29. The van der Waals surface area contributed by atoms with E-state index in [2.05, 4.69) is 5.32 Å². The van der Waals surface area contributed by atoms with Gasteiger partial charge >= 0.3 is 5.97 Å². The van der Waals surface area contributed by atoms with Gasteiger partial charge < -0.3 is 14.2 Å². The summed E-state index contributed by atoms with van der Waals surface area (Å²) < 4.78 is 15.8. The summed E-state index contributed by atoms with van der Waals surface area (Å²) in [5.41, 5.74) is 1.09. The third kappa shape index (κ3) is 3.87. The largest absolute Gasteiger partial charge is 0.493 e. The molecule has 1 aliphatic rings. The summed E-state index contributed by atoms with van der Waals surface area (Å²) in [7, 11) is 2.98. The summed E-state index contributed by atoms with van der Waals surface area (Å²) in [6, 6.07) is 5.65. The number of aryl methyl sites for hydroxylation is 1. The Morgan fingerprint density at radius 1 is 1.35 bits per heavy atom.